The third-order valence-corrected chi connectivity index (χ3v) is 5.43. The summed E-state index contributed by atoms with van der Waals surface area (Å²) in [6.07, 6.45) is 1.55. The second kappa shape index (κ2) is 9.19. The van der Waals surface area contributed by atoms with Gasteiger partial charge in [-0.2, -0.15) is 0 Å². The molecule has 30 heavy (non-hydrogen) atoms. The highest BCUT2D eigenvalue weighted by Gasteiger charge is 2.14. The molecule has 3 aromatic carbocycles. The molecule has 0 aliphatic carbocycles. The molecule has 9 heteroatoms. The number of aliphatic imine (C=N–C) groups is 1. The van der Waals surface area contributed by atoms with Gasteiger partial charge in [0.1, 0.15) is 5.75 Å². The van der Waals surface area contributed by atoms with Gasteiger partial charge in [-0.15, -0.1) is 0 Å². The molecule has 0 aromatic heterocycles. The molecule has 0 saturated heterocycles. The molecule has 8 nitrogen and oxygen atoms in total. The molecule has 3 rings (SSSR count). The molecule has 1 N–H and O–H groups in total. The number of benzene rings is 3. The Morgan fingerprint density at radius 2 is 1.63 bits per heavy atom. The Balaban J connectivity index is 1.68. The number of nitrogens with one attached hydrogen (secondary N) is 1. The molecule has 0 atom stereocenters. The standard InChI is InChI=1S/C21H19N3O5S/c1-2-29-20-11-5-18(6-12-20)23-30(27,28)21-13-7-17(8-14-21)22-15-16-3-9-19(10-4-16)24(25)26/h3-15,23H,2H2,1H3. The van der Waals surface area contributed by atoms with E-state index >= 15 is 0 Å². The molecule has 0 amide bonds. The van der Waals surface area contributed by atoms with Gasteiger partial charge in [0.25, 0.3) is 15.7 Å². The van der Waals surface area contributed by atoms with Crippen molar-refractivity contribution in [3.63, 3.8) is 0 Å². The van der Waals surface area contributed by atoms with Crippen molar-refractivity contribution in [2.24, 2.45) is 4.99 Å². The van der Waals surface area contributed by atoms with E-state index in [0.29, 0.717) is 29.3 Å². The van der Waals surface area contributed by atoms with Gasteiger partial charge in [0.05, 0.1) is 22.1 Å². The van der Waals surface area contributed by atoms with Crippen LogP contribution >= 0.6 is 0 Å². The summed E-state index contributed by atoms with van der Waals surface area (Å²) in [7, 11) is -3.74. The summed E-state index contributed by atoms with van der Waals surface area (Å²) in [5.41, 5.74) is 1.67. The van der Waals surface area contributed by atoms with E-state index in [1.807, 2.05) is 6.92 Å². The van der Waals surface area contributed by atoms with Gasteiger partial charge in [-0.25, -0.2) is 8.42 Å². The summed E-state index contributed by atoms with van der Waals surface area (Å²) in [6, 6.07) is 18.7. The maximum absolute atomic E-state index is 12.6. The summed E-state index contributed by atoms with van der Waals surface area (Å²) in [5, 5.41) is 10.7. The number of anilines is 1. The molecule has 0 aliphatic heterocycles. The fourth-order valence-corrected chi connectivity index (χ4v) is 3.60. The minimum Gasteiger partial charge on any atom is -0.494 e. The predicted octanol–water partition coefficient (Wildman–Crippen LogP) is 4.54. The fraction of sp³-hybridized carbons (Fsp3) is 0.0952. The Morgan fingerprint density at radius 1 is 1.00 bits per heavy atom. The van der Waals surface area contributed by atoms with Crippen molar-refractivity contribution in [3.05, 3.63) is 88.5 Å². The first kappa shape index (κ1) is 21.0. The van der Waals surface area contributed by atoms with Crippen LogP contribution in [0.5, 0.6) is 5.75 Å². The molecule has 0 spiro atoms. The third-order valence-electron chi connectivity index (χ3n) is 4.03. The van der Waals surface area contributed by atoms with Crippen LogP contribution in [0.15, 0.2) is 82.7 Å². The molecule has 154 valence electrons. The van der Waals surface area contributed by atoms with Crippen molar-refractivity contribution in [3.8, 4) is 5.75 Å². The average molecular weight is 425 g/mol. The van der Waals surface area contributed by atoms with Gasteiger partial charge < -0.3 is 4.74 Å². The first-order valence-electron chi connectivity index (χ1n) is 9.01. The minimum atomic E-state index is -3.74. The van der Waals surface area contributed by atoms with Crippen LogP contribution in [0.25, 0.3) is 0 Å². The summed E-state index contributed by atoms with van der Waals surface area (Å²) < 4.78 is 33.0. The Hall–Kier alpha value is -3.72. The van der Waals surface area contributed by atoms with Crippen LogP contribution in [0.4, 0.5) is 17.1 Å². The lowest BCUT2D eigenvalue weighted by Gasteiger charge is -2.09. The molecule has 3 aromatic rings. The monoisotopic (exact) mass is 425 g/mol. The van der Waals surface area contributed by atoms with E-state index in [1.54, 1.807) is 54.7 Å². The van der Waals surface area contributed by atoms with Crippen LogP contribution in [0.2, 0.25) is 0 Å². The average Bonchev–Trinajstić information content (AvgIpc) is 2.74. The first-order valence-corrected chi connectivity index (χ1v) is 10.5. The van der Waals surface area contributed by atoms with Gasteiger partial charge in [-0.05, 0) is 73.2 Å². The van der Waals surface area contributed by atoms with Gasteiger partial charge in [0.2, 0.25) is 0 Å². The lowest BCUT2D eigenvalue weighted by atomic mass is 10.2. The van der Waals surface area contributed by atoms with Crippen molar-refractivity contribution in [1.82, 2.24) is 0 Å². The van der Waals surface area contributed by atoms with Crippen LogP contribution in [0, 0.1) is 10.1 Å². The number of hydrogen-bond donors (Lipinski definition) is 1. The smallest absolute Gasteiger partial charge is 0.269 e. The van der Waals surface area contributed by atoms with Crippen molar-refractivity contribution < 1.29 is 18.1 Å². The largest absolute Gasteiger partial charge is 0.494 e. The minimum absolute atomic E-state index is 0.00161. The number of hydrogen-bond acceptors (Lipinski definition) is 6. The number of sulfonamides is 1. The van der Waals surface area contributed by atoms with Crippen molar-refractivity contribution in [1.29, 1.82) is 0 Å². The third kappa shape index (κ3) is 5.42. The topological polar surface area (TPSA) is 111 Å². The molecule has 0 bridgehead atoms. The van der Waals surface area contributed by atoms with Crippen molar-refractivity contribution >= 4 is 33.3 Å². The Kier molecular flexibility index (Phi) is 6.43. The molecular weight excluding hydrogens is 406 g/mol. The highest BCUT2D eigenvalue weighted by Crippen LogP contribution is 2.22. The van der Waals surface area contributed by atoms with Gasteiger partial charge >= 0.3 is 0 Å². The van der Waals surface area contributed by atoms with Crippen molar-refractivity contribution in [2.75, 3.05) is 11.3 Å². The van der Waals surface area contributed by atoms with E-state index in [0.717, 1.165) is 0 Å². The second-order valence-electron chi connectivity index (χ2n) is 6.16. The van der Waals surface area contributed by atoms with Gasteiger partial charge in [-0.1, -0.05) is 0 Å². The van der Waals surface area contributed by atoms with E-state index in [-0.39, 0.29) is 10.6 Å². The molecular formula is C21H19N3O5S. The number of ether oxygens (including phenoxy) is 1. The van der Waals surface area contributed by atoms with Crippen molar-refractivity contribution in [2.45, 2.75) is 11.8 Å². The van der Waals surface area contributed by atoms with E-state index < -0.39 is 14.9 Å². The van der Waals surface area contributed by atoms with Crippen LogP contribution < -0.4 is 9.46 Å². The maximum Gasteiger partial charge on any atom is 0.269 e. The highest BCUT2D eigenvalue weighted by molar-refractivity contribution is 7.92. The molecule has 0 saturated carbocycles. The molecule has 0 radical (unpaired) electrons. The van der Waals surface area contributed by atoms with E-state index in [2.05, 4.69) is 9.71 Å². The number of nitro groups is 1. The quantitative estimate of drug-likeness (QED) is 0.323. The first-order chi connectivity index (χ1) is 14.4. The van der Waals surface area contributed by atoms with Crippen LogP contribution in [-0.2, 0) is 10.0 Å². The number of non-ortho nitro benzene ring substituents is 1. The SMILES string of the molecule is CCOc1ccc(NS(=O)(=O)c2ccc(N=Cc3ccc([N+](=O)[O-])cc3)cc2)cc1. The van der Waals surface area contributed by atoms with Gasteiger partial charge in [-0.3, -0.25) is 19.8 Å². The van der Waals surface area contributed by atoms with E-state index in [1.165, 1.54) is 24.3 Å². The lowest BCUT2D eigenvalue weighted by molar-refractivity contribution is -0.384. The summed E-state index contributed by atoms with van der Waals surface area (Å²) in [4.78, 5) is 14.6. The molecule has 0 aliphatic rings. The fourth-order valence-electron chi connectivity index (χ4n) is 2.54. The second-order valence-corrected chi connectivity index (χ2v) is 7.85. The zero-order chi connectivity index (χ0) is 21.6. The van der Waals surface area contributed by atoms with Gasteiger partial charge in [0.15, 0.2) is 0 Å². The van der Waals surface area contributed by atoms with Gasteiger partial charge in [0, 0.05) is 24.0 Å². The Labute approximate surface area is 174 Å². The molecule has 0 unspecified atom stereocenters. The maximum atomic E-state index is 12.6. The summed E-state index contributed by atoms with van der Waals surface area (Å²) >= 11 is 0. The molecule has 0 fully saturated rings. The van der Waals surface area contributed by atoms with Crippen LogP contribution in [0.1, 0.15) is 12.5 Å². The summed E-state index contributed by atoms with van der Waals surface area (Å²) in [6.45, 7) is 2.40. The number of nitro benzene ring substituents is 1. The highest BCUT2D eigenvalue weighted by atomic mass is 32.2. The van der Waals surface area contributed by atoms with E-state index in [9.17, 15) is 18.5 Å². The zero-order valence-corrected chi connectivity index (χ0v) is 16.9. The van der Waals surface area contributed by atoms with Crippen LogP contribution in [-0.4, -0.2) is 26.2 Å². The predicted molar refractivity (Wildman–Crippen MR) is 115 cm³/mol. The zero-order valence-electron chi connectivity index (χ0n) is 16.1. The van der Waals surface area contributed by atoms with E-state index in [4.69, 9.17) is 4.74 Å². The lowest BCUT2D eigenvalue weighted by Crippen LogP contribution is -2.12. The normalized spacial score (nSPS) is 11.4. The van der Waals surface area contributed by atoms with Crippen LogP contribution in [0.3, 0.4) is 0 Å². The number of nitrogens with zero attached hydrogens (tertiary/aromatic N) is 2. The number of rotatable bonds is 8. The summed E-state index contributed by atoms with van der Waals surface area (Å²) in [5.74, 6) is 0.663. The Bertz CT molecular complexity index is 1140. The molecule has 0 heterocycles. The Morgan fingerprint density at radius 3 is 2.20 bits per heavy atom.